The molecular formula is C24H29N3O2. The minimum absolute atomic E-state index is 0.0973. The average molecular weight is 392 g/mol. The number of hydrogen-bond donors (Lipinski definition) is 0. The number of rotatable bonds is 6. The number of benzene rings is 1. The Kier molecular flexibility index (Phi) is 5.93. The molecule has 4 rings (SSSR count). The smallest absolute Gasteiger partial charge is 0.245 e. The second kappa shape index (κ2) is 8.76. The third-order valence-electron chi connectivity index (χ3n) is 6.18. The Hall–Kier alpha value is -2.69. The molecule has 1 saturated heterocycles. The molecule has 2 aliphatic rings. The van der Waals surface area contributed by atoms with E-state index in [2.05, 4.69) is 30.1 Å². The van der Waals surface area contributed by atoms with Crippen LogP contribution in [0.3, 0.4) is 0 Å². The van der Waals surface area contributed by atoms with Crippen molar-refractivity contribution < 1.29 is 9.59 Å². The highest BCUT2D eigenvalue weighted by molar-refractivity contribution is 5.90. The van der Waals surface area contributed by atoms with Crippen molar-refractivity contribution >= 4 is 11.8 Å². The van der Waals surface area contributed by atoms with Crippen LogP contribution in [0.5, 0.6) is 0 Å². The highest BCUT2D eigenvalue weighted by Gasteiger charge is 2.40. The largest absolute Gasteiger partial charge is 0.339 e. The van der Waals surface area contributed by atoms with E-state index in [1.807, 2.05) is 28.0 Å². The van der Waals surface area contributed by atoms with Gasteiger partial charge in [0.05, 0.1) is 0 Å². The Morgan fingerprint density at radius 1 is 1.10 bits per heavy atom. The number of aromatic nitrogens is 1. The van der Waals surface area contributed by atoms with Gasteiger partial charge in [-0.15, -0.1) is 0 Å². The first-order valence-electron chi connectivity index (χ1n) is 10.8. The predicted octanol–water partition coefficient (Wildman–Crippen LogP) is 3.54. The van der Waals surface area contributed by atoms with Crippen LogP contribution in [0.15, 0.2) is 48.8 Å². The molecule has 2 amide bonds. The Morgan fingerprint density at radius 2 is 1.90 bits per heavy atom. The second-order valence-corrected chi connectivity index (χ2v) is 8.14. The SMILES string of the molecule is CCCN1CCN(C(=O)C2CCC2)C(Cc2cccc(-c3ccncc3)c2)C1=O. The third kappa shape index (κ3) is 4.19. The van der Waals surface area contributed by atoms with Gasteiger partial charge in [-0.05, 0) is 48.1 Å². The van der Waals surface area contributed by atoms with Crippen molar-refractivity contribution in [2.75, 3.05) is 19.6 Å². The number of carbonyl (C=O) groups excluding carboxylic acids is 2. The Morgan fingerprint density at radius 3 is 2.59 bits per heavy atom. The molecule has 152 valence electrons. The van der Waals surface area contributed by atoms with Gasteiger partial charge in [0.1, 0.15) is 6.04 Å². The van der Waals surface area contributed by atoms with Gasteiger partial charge in [0.15, 0.2) is 0 Å². The molecule has 0 spiro atoms. The van der Waals surface area contributed by atoms with Gasteiger partial charge in [0, 0.05) is 44.4 Å². The van der Waals surface area contributed by atoms with Crippen LogP contribution in [0, 0.1) is 5.92 Å². The lowest BCUT2D eigenvalue weighted by Crippen LogP contribution is -2.60. The second-order valence-electron chi connectivity index (χ2n) is 8.14. The molecule has 1 aliphatic heterocycles. The minimum Gasteiger partial charge on any atom is -0.339 e. The van der Waals surface area contributed by atoms with Gasteiger partial charge in [-0.25, -0.2) is 0 Å². The molecule has 29 heavy (non-hydrogen) atoms. The zero-order valence-electron chi connectivity index (χ0n) is 17.1. The first-order valence-corrected chi connectivity index (χ1v) is 10.8. The fraction of sp³-hybridized carbons (Fsp3) is 0.458. The molecule has 1 aromatic heterocycles. The standard InChI is InChI=1S/C24H29N3O2/c1-2-13-26-14-15-27(23(28)20-6-4-7-20)22(24(26)29)17-18-5-3-8-21(16-18)19-9-11-25-12-10-19/h3,5,8-12,16,20,22H,2,4,6-7,13-15,17H2,1H3. The predicted molar refractivity (Wildman–Crippen MR) is 113 cm³/mol. The van der Waals surface area contributed by atoms with E-state index in [0.29, 0.717) is 19.5 Å². The van der Waals surface area contributed by atoms with Crippen molar-refractivity contribution in [3.8, 4) is 11.1 Å². The average Bonchev–Trinajstić information content (AvgIpc) is 2.71. The van der Waals surface area contributed by atoms with Crippen LogP contribution < -0.4 is 0 Å². The summed E-state index contributed by atoms with van der Waals surface area (Å²) in [5.41, 5.74) is 3.30. The number of piperazine rings is 1. The lowest BCUT2D eigenvalue weighted by molar-refractivity contribution is -0.155. The van der Waals surface area contributed by atoms with Gasteiger partial charge in [-0.3, -0.25) is 14.6 Å². The normalized spacial score (nSPS) is 19.9. The summed E-state index contributed by atoms with van der Waals surface area (Å²) in [6, 6.07) is 11.9. The van der Waals surface area contributed by atoms with Gasteiger partial charge in [-0.2, -0.15) is 0 Å². The summed E-state index contributed by atoms with van der Waals surface area (Å²) in [5.74, 6) is 0.391. The summed E-state index contributed by atoms with van der Waals surface area (Å²) in [6.45, 7) is 4.15. The highest BCUT2D eigenvalue weighted by atomic mass is 16.2. The lowest BCUT2D eigenvalue weighted by Gasteiger charge is -2.43. The fourth-order valence-electron chi connectivity index (χ4n) is 4.33. The highest BCUT2D eigenvalue weighted by Crippen LogP contribution is 2.31. The zero-order valence-corrected chi connectivity index (χ0v) is 17.1. The van der Waals surface area contributed by atoms with E-state index in [-0.39, 0.29) is 17.7 Å². The summed E-state index contributed by atoms with van der Waals surface area (Å²) in [7, 11) is 0. The summed E-state index contributed by atoms with van der Waals surface area (Å²) in [4.78, 5) is 34.2. The Bertz CT molecular complexity index is 863. The van der Waals surface area contributed by atoms with Crippen LogP contribution in [0.25, 0.3) is 11.1 Å². The van der Waals surface area contributed by atoms with Gasteiger partial charge in [-0.1, -0.05) is 37.6 Å². The number of nitrogens with zero attached hydrogens (tertiary/aromatic N) is 3. The molecule has 2 aromatic rings. The Labute approximate surface area is 172 Å². The third-order valence-corrected chi connectivity index (χ3v) is 6.18. The van der Waals surface area contributed by atoms with Crippen LogP contribution in [0.2, 0.25) is 0 Å². The number of amides is 2. The van der Waals surface area contributed by atoms with Crippen molar-refractivity contribution in [1.82, 2.24) is 14.8 Å². The lowest BCUT2D eigenvalue weighted by atomic mass is 9.83. The van der Waals surface area contributed by atoms with Crippen LogP contribution in [0.1, 0.15) is 38.2 Å². The van der Waals surface area contributed by atoms with E-state index in [0.717, 1.165) is 48.9 Å². The van der Waals surface area contributed by atoms with Crippen LogP contribution in [0.4, 0.5) is 0 Å². The number of hydrogen-bond acceptors (Lipinski definition) is 3. The quantitative estimate of drug-likeness (QED) is 0.757. The minimum atomic E-state index is -0.393. The van der Waals surface area contributed by atoms with Gasteiger partial charge >= 0.3 is 0 Å². The van der Waals surface area contributed by atoms with E-state index >= 15 is 0 Å². The van der Waals surface area contributed by atoms with Crippen LogP contribution >= 0.6 is 0 Å². The molecule has 5 heteroatoms. The molecule has 0 N–H and O–H groups in total. The van der Waals surface area contributed by atoms with E-state index in [9.17, 15) is 9.59 Å². The monoisotopic (exact) mass is 391 g/mol. The molecule has 1 aromatic carbocycles. The van der Waals surface area contributed by atoms with E-state index < -0.39 is 6.04 Å². The molecule has 1 saturated carbocycles. The van der Waals surface area contributed by atoms with Crippen molar-refractivity contribution in [2.45, 2.75) is 45.1 Å². The first kappa shape index (κ1) is 19.6. The molecule has 1 aliphatic carbocycles. The van der Waals surface area contributed by atoms with Gasteiger partial charge < -0.3 is 9.80 Å². The number of pyridine rings is 1. The summed E-state index contributed by atoms with van der Waals surface area (Å²) in [5, 5.41) is 0. The van der Waals surface area contributed by atoms with Crippen molar-refractivity contribution in [1.29, 1.82) is 0 Å². The summed E-state index contributed by atoms with van der Waals surface area (Å²) >= 11 is 0. The van der Waals surface area contributed by atoms with Crippen LogP contribution in [-0.4, -0.2) is 52.3 Å². The van der Waals surface area contributed by atoms with E-state index in [1.165, 1.54) is 0 Å². The molecule has 2 heterocycles. The maximum absolute atomic E-state index is 13.2. The molecule has 0 radical (unpaired) electrons. The van der Waals surface area contributed by atoms with Crippen molar-refractivity contribution in [3.05, 3.63) is 54.4 Å². The van der Waals surface area contributed by atoms with Gasteiger partial charge in [0.2, 0.25) is 11.8 Å². The molecule has 0 bridgehead atoms. The topological polar surface area (TPSA) is 53.5 Å². The van der Waals surface area contributed by atoms with Crippen LogP contribution in [-0.2, 0) is 16.0 Å². The maximum atomic E-state index is 13.2. The van der Waals surface area contributed by atoms with Crippen molar-refractivity contribution in [3.63, 3.8) is 0 Å². The molecule has 5 nitrogen and oxygen atoms in total. The fourth-order valence-corrected chi connectivity index (χ4v) is 4.33. The van der Waals surface area contributed by atoms with Crippen molar-refractivity contribution in [2.24, 2.45) is 5.92 Å². The van der Waals surface area contributed by atoms with E-state index in [4.69, 9.17) is 0 Å². The summed E-state index contributed by atoms with van der Waals surface area (Å²) in [6.07, 6.45) is 8.13. The number of carbonyl (C=O) groups is 2. The first-order chi connectivity index (χ1) is 14.2. The molecule has 2 fully saturated rings. The maximum Gasteiger partial charge on any atom is 0.245 e. The van der Waals surface area contributed by atoms with Gasteiger partial charge in [0.25, 0.3) is 0 Å². The Balaban J connectivity index is 1.58. The molecule has 1 atom stereocenters. The van der Waals surface area contributed by atoms with E-state index in [1.54, 1.807) is 12.4 Å². The zero-order chi connectivity index (χ0) is 20.2. The summed E-state index contributed by atoms with van der Waals surface area (Å²) < 4.78 is 0. The molecule has 1 unspecified atom stereocenters. The molecular weight excluding hydrogens is 362 g/mol.